The van der Waals surface area contributed by atoms with E-state index in [2.05, 4.69) is 27.0 Å². The van der Waals surface area contributed by atoms with Gasteiger partial charge in [0.15, 0.2) is 0 Å². The average Bonchev–Trinajstić information content (AvgIpc) is 2.67. The summed E-state index contributed by atoms with van der Waals surface area (Å²) in [6, 6.07) is 8.01. The first-order valence-corrected chi connectivity index (χ1v) is 9.11. The molecule has 26 heavy (non-hydrogen) atoms. The Hall–Kier alpha value is -2.02. The number of methoxy groups -OCH3 is 1. The molecule has 0 aliphatic carbocycles. The lowest BCUT2D eigenvalue weighted by Gasteiger charge is -2.53. The molecule has 2 aromatic heterocycles. The summed E-state index contributed by atoms with van der Waals surface area (Å²) in [5, 5.41) is 0. The summed E-state index contributed by atoms with van der Waals surface area (Å²) in [6.45, 7) is 4.08. The lowest BCUT2D eigenvalue weighted by atomic mass is 9.84. The predicted molar refractivity (Wildman–Crippen MR) is 96.8 cm³/mol. The molecule has 1 atom stereocenters. The predicted octanol–water partition coefficient (Wildman–Crippen LogP) is 2.44. The summed E-state index contributed by atoms with van der Waals surface area (Å²) < 4.78 is 17.6. The Labute approximate surface area is 154 Å². The van der Waals surface area contributed by atoms with Crippen molar-refractivity contribution in [3.05, 3.63) is 54.0 Å². The van der Waals surface area contributed by atoms with Crippen molar-refractivity contribution in [2.24, 2.45) is 0 Å². The Bertz CT molecular complexity index is 719. The lowest BCUT2D eigenvalue weighted by Crippen LogP contribution is -2.65. The van der Waals surface area contributed by atoms with Crippen LogP contribution in [-0.4, -0.2) is 53.4 Å². The second-order valence-electron chi connectivity index (χ2n) is 7.14. The van der Waals surface area contributed by atoms with Gasteiger partial charge < -0.3 is 14.2 Å². The van der Waals surface area contributed by atoms with E-state index in [0.29, 0.717) is 12.5 Å². The van der Waals surface area contributed by atoms with Crippen molar-refractivity contribution >= 4 is 0 Å². The van der Waals surface area contributed by atoms with Gasteiger partial charge in [0.2, 0.25) is 5.88 Å². The molecule has 0 aromatic carbocycles. The maximum absolute atomic E-state index is 6.13. The van der Waals surface area contributed by atoms with Crippen LogP contribution in [0.3, 0.4) is 0 Å². The van der Waals surface area contributed by atoms with Gasteiger partial charge in [-0.25, -0.2) is 4.98 Å². The maximum Gasteiger partial charge on any atom is 0.217 e. The van der Waals surface area contributed by atoms with Gasteiger partial charge in [-0.2, -0.15) is 0 Å². The van der Waals surface area contributed by atoms with Crippen LogP contribution in [0.1, 0.15) is 24.0 Å². The van der Waals surface area contributed by atoms with Crippen molar-refractivity contribution in [1.82, 2.24) is 14.9 Å². The van der Waals surface area contributed by atoms with Gasteiger partial charge in [-0.05, 0) is 24.1 Å². The highest BCUT2D eigenvalue weighted by Crippen LogP contribution is 2.36. The van der Waals surface area contributed by atoms with Crippen LogP contribution in [0.25, 0.3) is 0 Å². The SMILES string of the molecule is COc1ncccc1CN1CC2(CC(OCc3cccnc3)CCO2)C1. The zero-order valence-corrected chi connectivity index (χ0v) is 15.1. The number of rotatable bonds is 6. The molecule has 2 fully saturated rings. The summed E-state index contributed by atoms with van der Waals surface area (Å²) in [7, 11) is 1.66. The normalized spacial score (nSPS) is 22.1. The molecule has 4 heterocycles. The third kappa shape index (κ3) is 3.87. The van der Waals surface area contributed by atoms with E-state index in [1.807, 2.05) is 18.3 Å². The highest BCUT2D eigenvalue weighted by atomic mass is 16.5. The largest absolute Gasteiger partial charge is 0.481 e. The molecule has 1 unspecified atom stereocenters. The van der Waals surface area contributed by atoms with Crippen molar-refractivity contribution in [3.63, 3.8) is 0 Å². The standard InChI is InChI=1S/C20H25N3O3/c1-24-19-17(5-3-8-22-19)12-23-14-20(15-23)10-18(6-9-26-20)25-13-16-4-2-7-21-11-16/h2-5,7-8,11,18H,6,9-10,12-15H2,1H3. The smallest absolute Gasteiger partial charge is 0.217 e. The number of hydrogen-bond donors (Lipinski definition) is 0. The summed E-state index contributed by atoms with van der Waals surface area (Å²) in [6.07, 6.45) is 7.56. The van der Waals surface area contributed by atoms with E-state index in [0.717, 1.165) is 50.2 Å². The first-order chi connectivity index (χ1) is 12.8. The van der Waals surface area contributed by atoms with E-state index < -0.39 is 0 Å². The van der Waals surface area contributed by atoms with Crippen LogP contribution in [0.5, 0.6) is 5.88 Å². The Morgan fingerprint density at radius 1 is 1.27 bits per heavy atom. The third-order valence-electron chi connectivity index (χ3n) is 5.12. The molecule has 0 radical (unpaired) electrons. The van der Waals surface area contributed by atoms with Crippen LogP contribution in [0, 0.1) is 0 Å². The number of likely N-dealkylation sites (tertiary alicyclic amines) is 1. The molecule has 1 spiro atoms. The molecule has 0 bridgehead atoms. The summed E-state index contributed by atoms with van der Waals surface area (Å²) in [5.41, 5.74) is 2.17. The fraction of sp³-hybridized carbons (Fsp3) is 0.500. The van der Waals surface area contributed by atoms with Gasteiger partial charge in [0.25, 0.3) is 0 Å². The Morgan fingerprint density at radius 3 is 2.96 bits per heavy atom. The minimum Gasteiger partial charge on any atom is -0.481 e. The van der Waals surface area contributed by atoms with E-state index in [9.17, 15) is 0 Å². The summed E-state index contributed by atoms with van der Waals surface area (Å²) >= 11 is 0. The molecule has 2 aromatic rings. The van der Waals surface area contributed by atoms with Crippen LogP contribution >= 0.6 is 0 Å². The van der Waals surface area contributed by atoms with E-state index >= 15 is 0 Å². The fourth-order valence-corrected chi connectivity index (χ4v) is 3.89. The molecule has 4 rings (SSSR count). The second-order valence-corrected chi connectivity index (χ2v) is 7.14. The third-order valence-corrected chi connectivity index (χ3v) is 5.12. The fourth-order valence-electron chi connectivity index (χ4n) is 3.89. The van der Waals surface area contributed by atoms with Crippen LogP contribution in [0.2, 0.25) is 0 Å². The number of aromatic nitrogens is 2. The van der Waals surface area contributed by atoms with Gasteiger partial charge in [0.1, 0.15) is 0 Å². The van der Waals surface area contributed by atoms with Crippen molar-refractivity contribution < 1.29 is 14.2 Å². The number of pyridine rings is 2. The maximum atomic E-state index is 6.13. The quantitative estimate of drug-likeness (QED) is 0.793. The molecule has 0 saturated carbocycles. The van der Waals surface area contributed by atoms with Crippen LogP contribution in [0.15, 0.2) is 42.9 Å². The van der Waals surface area contributed by atoms with Crippen molar-refractivity contribution in [2.45, 2.75) is 37.7 Å². The summed E-state index contributed by atoms with van der Waals surface area (Å²) in [5.74, 6) is 0.704. The van der Waals surface area contributed by atoms with Crippen molar-refractivity contribution in [3.8, 4) is 5.88 Å². The van der Waals surface area contributed by atoms with E-state index in [-0.39, 0.29) is 11.7 Å². The number of nitrogens with zero attached hydrogens (tertiary/aromatic N) is 3. The second kappa shape index (κ2) is 7.70. The zero-order chi connectivity index (χ0) is 17.8. The Balaban J connectivity index is 1.29. The van der Waals surface area contributed by atoms with Crippen molar-refractivity contribution in [1.29, 1.82) is 0 Å². The molecule has 6 nitrogen and oxygen atoms in total. The van der Waals surface area contributed by atoms with E-state index in [4.69, 9.17) is 14.2 Å². The van der Waals surface area contributed by atoms with Gasteiger partial charge in [-0.3, -0.25) is 9.88 Å². The highest BCUT2D eigenvalue weighted by molar-refractivity contribution is 5.25. The minimum atomic E-state index is -0.0622. The molecule has 2 aliphatic rings. The van der Waals surface area contributed by atoms with Gasteiger partial charge >= 0.3 is 0 Å². The summed E-state index contributed by atoms with van der Waals surface area (Å²) in [4.78, 5) is 10.8. The first kappa shape index (κ1) is 17.4. The van der Waals surface area contributed by atoms with E-state index in [1.54, 1.807) is 19.5 Å². The molecule has 0 amide bonds. The van der Waals surface area contributed by atoms with Crippen LogP contribution in [0.4, 0.5) is 0 Å². The number of hydrogen-bond acceptors (Lipinski definition) is 6. The molecular weight excluding hydrogens is 330 g/mol. The van der Waals surface area contributed by atoms with Crippen LogP contribution < -0.4 is 4.74 Å². The molecule has 0 N–H and O–H groups in total. The molecule has 2 saturated heterocycles. The molecule has 6 heteroatoms. The lowest BCUT2D eigenvalue weighted by molar-refractivity contribution is -0.200. The molecular formula is C20H25N3O3. The Kier molecular flexibility index (Phi) is 5.15. The topological polar surface area (TPSA) is 56.7 Å². The monoisotopic (exact) mass is 355 g/mol. The van der Waals surface area contributed by atoms with Gasteiger partial charge in [-0.1, -0.05) is 12.1 Å². The zero-order valence-electron chi connectivity index (χ0n) is 15.1. The first-order valence-electron chi connectivity index (χ1n) is 9.11. The average molecular weight is 355 g/mol. The number of ether oxygens (including phenoxy) is 3. The molecule has 138 valence electrons. The minimum absolute atomic E-state index is 0.0622. The highest BCUT2D eigenvalue weighted by Gasteiger charge is 2.47. The van der Waals surface area contributed by atoms with Gasteiger partial charge in [0, 0.05) is 56.8 Å². The van der Waals surface area contributed by atoms with E-state index in [1.165, 1.54) is 0 Å². The van der Waals surface area contributed by atoms with Gasteiger partial charge in [0.05, 0.1) is 25.4 Å². The van der Waals surface area contributed by atoms with Crippen molar-refractivity contribution in [2.75, 3.05) is 26.8 Å². The Morgan fingerprint density at radius 2 is 2.15 bits per heavy atom. The van der Waals surface area contributed by atoms with Crippen LogP contribution in [-0.2, 0) is 22.6 Å². The van der Waals surface area contributed by atoms with Gasteiger partial charge in [-0.15, -0.1) is 0 Å². The molecule has 2 aliphatic heterocycles.